The van der Waals surface area contributed by atoms with Crippen LogP contribution in [0, 0.1) is 15.9 Å². The van der Waals surface area contributed by atoms with Gasteiger partial charge in [-0.2, -0.15) is 0 Å². The second-order valence-corrected chi connectivity index (χ2v) is 5.52. The molecule has 0 spiro atoms. The van der Waals surface area contributed by atoms with Gasteiger partial charge in [0.15, 0.2) is 0 Å². The fourth-order valence-corrected chi connectivity index (χ4v) is 1.72. The van der Waals surface area contributed by atoms with Gasteiger partial charge in [0.1, 0.15) is 17.1 Å². The third-order valence-corrected chi connectivity index (χ3v) is 2.49. The van der Waals surface area contributed by atoms with Crippen molar-refractivity contribution in [3.63, 3.8) is 0 Å². The number of carbonyl (C=O) groups excluding carboxylic acids is 1. The SMILES string of the molecule is CCCN(C(=O)OC(C)(C)C)c1cc(F)ccc1[N+](=O)[O-]. The van der Waals surface area contributed by atoms with Crippen molar-refractivity contribution in [1.29, 1.82) is 0 Å². The van der Waals surface area contributed by atoms with Crippen molar-refractivity contribution in [2.75, 3.05) is 11.4 Å². The largest absolute Gasteiger partial charge is 0.443 e. The summed E-state index contributed by atoms with van der Waals surface area (Å²) in [6.45, 7) is 7.07. The molecule has 116 valence electrons. The topological polar surface area (TPSA) is 72.7 Å². The zero-order chi connectivity index (χ0) is 16.2. The number of benzene rings is 1. The summed E-state index contributed by atoms with van der Waals surface area (Å²) in [6.07, 6.45) is -0.189. The number of anilines is 1. The van der Waals surface area contributed by atoms with Crippen molar-refractivity contribution in [3.8, 4) is 0 Å². The van der Waals surface area contributed by atoms with Crippen molar-refractivity contribution in [1.82, 2.24) is 0 Å². The van der Waals surface area contributed by atoms with Crippen molar-refractivity contribution in [2.45, 2.75) is 39.7 Å². The first kappa shape index (κ1) is 16.9. The average molecular weight is 298 g/mol. The molecule has 0 aromatic heterocycles. The molecule has 0 aliphatic carbocycles. The molecule has 1 rings (SSSR count). The molecular weight excluding hydrogens is 279 g/mol. The highest BCUT2D eigenvalue weighted by Gasteiger charge is 2.28. The Morgan fingerprint density at radius 2 is 2.05 bits per heavy atom. The minimum absolute atomic E-state index is 0.101. The Morgan fingerprint density at radius 1 is 1.43 bits per heavy atom. The summed E-state index contributed by atoms with van der Waals surface area (Å²) >= 11 is 0. The molecule has 0 fully saturated rings. The molecule has 0 saturated carbocycles. The Morgan fingerprint density at radius 3 is 2.52 bits per heavy atom. The molecule has 0 radical (unpaired) electrons. The molecule has 0 unspecified atom stereocenters. The van der Waals surface area contributed by atoms with E-state index < -0.39 is 22.4 Å². The van der Waals surface area contributed by atoms with E-state index in [9.17, 15) is 19.3 Å². The van der Waals surface area contributed by atoms with Crippen LogP contribution in [0.15, 0.2) is 18.2 Å². The van der Waals surface area contributed by atoms with Gasteiger partial charge in [-0.1, -0.05) is 6.92 Å². The summed E-state index contributed by atoms with van der Waals surface area (Å²) in [7, 11) is 0. The van der Waals surface area contributed by atoms with Crippen LogP contribution in [0.4, 0.5) is 20.6 Å². The van der Waals surface area contributed by atoms with Gasteiger partial charge in [-0.25, -0.2) is 9.18 Å². The van der Waals surface area contributed by atoms with Crippen LogP contribution in [0.3, 0.4) is 0 Å². The van der Waals surface area contributed by atoms with Gasteiger partial charge in [0.2, 0.25) is 0 Å². The zero-order valence-corrected chi connectivity index (χ0v) is 12.6. The predicted octanol–water partition coefficient (Wildman–Crippen LogP) is 3.89. The highest BCUT2D eigenvalue weighted by Crippen LogP contribution is 2.30. The van der Waals surface area contributed by atoms with Gasteiger partial charge in [-0.05, 0) is 33.3 Å². The van der Waals surface area contributed by atoms with Gasteiger partial charge in [-0.3, -0.25) is 15.0 Å². The summed E-state index contributed by atoms with van der Waals surface area (Å²) in [4.78, 5) is 23.7. The van der Waals surface area contributed by atoms with E-state index in [2.05, 4.69) is 0 Å². The smallest absolute Gasteiger partial charge is 0.415 e. The summed E-state index contributed by atoms with van der Waals surface area (Å²) in [6, 6.07) is 3.00. The molecule has 0 aliphatic heterocycles. The molecule has 1 amide bonds. The van der Waals surface area contributed by atoms with Crippen LogP contribution in [-0.4, -0.2) is 23.2 Å². The Hall–Kier alpha value is -2.18. The Balaban J connectivity index is 3.25. The lowest BCUT2D eigenvalue weighted by molar-refractivity contribution is -0.384. The van der Waals surface area contributed by atoms with E-state index >= 15 is 0 Å². The van der Waals surface area contributed by atoms with Crippen LogP contribution in [-0.2, 0) is 4.74 Å². The fourth-order valence-electron chi connectivity index (χ4n) is 1.72. The molecular formula is C14H19FN2O4. The van der Waals surface area contributed by atoms with Gasteiger partial charge < -0.3 is 4.74 Å². The Labute approximate surface area is 122 Å². The van der Waals surface area contributed by atoms with Gasteiger partial charge >= 0.3 is 6.09 Å². The average Bonchev–Trinajstić information content (AvgIpc) is 2.33. The molecule has 0 saturated heterocycles. The van der Waals surface area contributed by atoms with E-state index in [0.717, 1.165) is 23.1 Å². The van der Waals surface area contributed by atoms with Crippen molar-refractivity contribution in [3.05, 3.63) is 34.1 Å². The fraction of sp³-hybridized carbons (Fsp3) is 0.500. The van der Waals surface area contributed by atoms with E-state index in [1.807, 2.05) is 6.92 Å². The highest BCUT2D eigenvalue weighted by molar-refractivity contribution is 5.90. The maximum absolute atomic E-state index is 13.4. The molecule has 21 heavy (non-hydrogen) atoms. The van der Waals surface area contributed by atoms with E-state index in [1.54, 1.807) is 20.8 Å². The van der Waals surface area contributed by atoms with E-state index in [-0.39, 0.29) is 17.9 Å². The van der Waals surface area contributed by atoms with Crippen molar-refractivity contribution >= 4 is 17.5 Å². The van der Waals surface area contributed by atoms with Crippen LogP contribution in [0.5, 0.6) is 0 Å². The molecule has 1 aromatic rings. The number of carbonyl (C=O) groups is 1. The minimum atomic E-state index is -0.745. The summed E-state index contributed by atoms with van der Waals surface area (Å²) in [5.74, 6) is -0.653. The van der Waals surface area contributed by atoms with Gasteiger partial charge in [0, 0.05) is 18.7 Å². The minimum Gasteiger partial charge on any atom is -0.443 e. The van der Waals surface area contributed by atoms with E-state index in [4.69, 9.17) is 4.74 Å². The summed E-state index contributed by atoms with van der Waals surface area (Å²) < 4.78 is 18.6. The van der Waals surface area contributed by atoms with Crippen molar-refractivity contribution in [2.24, 2.45) is 0 Å². The number of nitro groups is 1. The zero-order valence-electron chi connectivity index (χ0n) is 12.6. The number of ether oxygens (including phenoxy) is 1. The molecule has 0 aliphatic rings. The monoisotopic (exact) mass is 298 g/mol. The van der Waals surface area contributed by atoms with Crippen molar-refractivity contribution < 1.29 is 18.8 Å². The first-order valence-corrected chi connectivity index (χ1v) is 6.60. The first-order chi connectivity index (χ1) is 9.65. The molecule has 0 atom stereocenters. The lowest BCUT2D eigenvalue weighted by Crippen LogP contribution is -2.37. The molecule has 0 bridgehead atoms. The number of hydrogen-bond acceptors (Lipinski definition) is 4. The van der Waals surface area contributed by atoms with E-state index in [1.165, 1.54) is 0 Å². The number of hydrogen-bond donors (Lipinski definition) is 0. The van der Waals surface area contributed by atoms with Crippen LogP contribution in [0.25, 0.3) is 0 Å². The molecule has 1 aromatic carbocycles. The van der Waals surface area contributed by atoms with Crippen LogP contribution < -0.4 is 4.90 Å². The second kappa shape index (κ2) is 6.51. The standard InChI is InChI=1S/C14H19FN2O4/c1-5-8-16(13(18)21-14(2,3)4)12-9-10(15)6-7-11(12)17(19)20/h6-7,9H,5,8H2,1-4H3. The maximum Gasteiger partial charge on any atom is 0.415 e. The lowest BCUT2D eigenvalue weighted by atomic mass is 10.2. The molecule has 7 heteroatoms. The normalized spacial score (nSPS) is 11.1. The van der Waals surface area contributed by atoms with Gasteiger partial charge in [0.05, 0.1) is 4.92 Å². The highest BCUT2D eigenvalue weighted by atomic mass is 19.1. The first-order valence-electron chi connectivity index (χ1n) is 6.60. The second-order valence-electron chi connectivity index (χ2n) is 5.52. The van der Waals surface area contributed by atoms with Gasteiger partial charge in [-0.15, -0.1) is 0 Å². The Bertz CT molecular complexity index is 540. The van der Waals surface area contributed by atoms with E-state index in [0.29, 0.717) is 6.42 Å². The molecule has 0 heterocycles. The Kier molecular flexibility index (Phi) is 5.23. The molecule has 6 nitrogen and oxygen atoms in total. The molecule has 0 N–H and O–H groups in total. The number of rotatable bonds is 4. The summed E-state index contributed by atoms with van der Waals surface area (Å²) in [5, 5.41) is 11.1. The van der Waals surface area contributed by atoms with Crippen LogP contribution in [0.1, 0.15) is 34.1 Å². The quantitative estimate of drug-likeness (QED) is 0.624. The summed E-state index contributed by atoms with van der Waals surface area (Å²) in [5.41, 5.74) is -1.18. The predicted molar refractivity (Wildman–Crippen MR) is 76.9 cm³/mol. The third kappa shape index (κ3) is 4.70. The maximum atomic E-state index is 13.4. The van der Waals surface area contributed by atoms with Crippen LogP contribution in [0.2, 0.25) is 0 Å². The third-order valence-electron chi connectivity index (χ3n) is 2.49. The number of amides is 1. The number of nitro benzene ring substituents is 1. The lowest BCUT2D eigenvalue weighted by Gasteiger charge is -2.27. The number of nitrogens with zero attached hydrogens (tertiary/aromatic N) is 2. The van der Waals surface area contributed by atoms with Gasteiger partial charge in [0.25, 0.3) is 5.69 Å². The number of halogens is 1. The van der Waals surface area contributed by atoms with Crippen LogP contribution >= 0.6 is 0 Å².